The lowest BCUT2D eigenvalue weighted by Gasteiger charge is -2.23. The zero-order valence-corrected chi connectivity index (χ0v) is 13.0. The van der Waals surface area contributed by atoms with Gasteiger partial charge >= 0.3 is 0 Å². The zero-order chi connectivity index (χ0) is 14.3. The molecule has 0 aliphatic heterocycles. The van der Waals surface area contributed by atoms with Gasteiger partial charge in [-0.3, -0.25) is 0 Å². The first-order valence-electron chi connectivity index (χ1n) is 7.45. The molecule has 0 bridgehead atoms. The Hall–Kier alpha value is -1.02. The number of unbranched alkanes of at least 4 members (excludes halogenated alkanes) is 1. The second-order valence-corrected chi connectivity index (χ2v) is 6.17. The average Bonchev–Trinajstić information content (AvgIpc) is 2.36. The molecule has 0 radical (unpaired) electrons. The highest BCUT2D eigenvalue weighted by Crippen LogP contribution is 2.32. The molecule has 1 aromatic rings. The van der Waals surface area contributed by atoms with Crippen LogP contribution in [0.1, 0.15) is 58.1 Å². The molecule has 0 unspecified atom stereocenters. The highest BCUT2D eigenvalue weighted by molar-refractivity contribution is 5.41. The van der Waals surface area contributed by atoms with Crippen LogP contribution in [0.25, 0.3) is 0 Å². The fraction of sp³-hybridized carbons (Fsp3) is 0.647. The van der Waals surface area contributed by atoms with Crippen molar-refractivity contribution in [1.29, 1.82) is 0 Å². The number of aryl methyl sites for hydroxylation is 1. The summed E-state index contributed by atoms with van der Waals surface area (Å²) in [5.74, 6) is 1.04. The fourth-order valence-electron chi connectivity index (χ4n) is 2.13. The maximum absolute atomic E-state index is 5.87. The Morgan fingerprint density at radius 1 is 1.16 bits per heavy atom. The van der Waals surface area contributed by atoms with Crippen molar-refractivity contribution in [2.75, 3.05) is 13.2 Å². The molecule has 0 saturated heterocycles. The molecule has 0 atom stereocenters. The van der Waals surface area contributed by atoms with Crippen molar-refractivity contribution >= 4 is 0 Å². The number of rotatable bonds is 7. The van der Waals surface area contributed by atoms with Crippen LogP contribution >= 0.6 is 0 Å². The number of hydrogen-bond acceptors (Lipinski definition) is 2. The summed E-state index contributed by atoms with van der Waals surface area (Å²) in [5, 5.41) is 0. The number of nitrogens with two attached hydrogens (primary N) is 1. The first kappa shape index (κ1) is 16.0. The van der Waals surface area contributed by atoms with Crippen LogP contribution in [-0.4, -0.2) is 13.2 Å². The number of benzene rings is 1. The lowest BCUT2D eigenvalue weighted by molar-refractivity contribution is 0.308. The molecule has 1 rings (SSSR count). The minimum Gasteiger partial charge on any atom is -0.493 e. The molecule has 0 amide bonds. The Morgan fingerprint density at radius 2 is 1.89 bits per heavy atom. The second-order valence-electron chi connectivity index (χ2n) is 6.17. The van der Waals surface area contributed by atoms with Crippen molar-refractivity contribution in [2.45, 2.75) is 58.8 Å². The van der Waals surface area contributed by atoms with Gasteiger partial charge in [-0.15, -0.1) is 0 Å². The van der Waals surface area contributed by atoms with Crippen molar-refractivity contribution in [3.63, 3.8) is 0 Å². The maximum Gasteiger partial charge on any atom is 0.123 e. The van der Waals surface area contributed by atoms with Gasteiger partial charge in [0.1, 0.15) is 5.75 Å². The third-order valence-electron chi connectivity index (χ3n) is 3.23. The summed E-state index contributed by atoms with van der Waals surface area (Å²) >= 11 is 0. The topological polar surface area (TPSA) is 35.2 Å². The summed E-state index contributed by atoms with van der Waals surface area (Å²) in [5.41, 5.74) is 8.37. The van der Waals surface area contributed by atoms with E-state index in [9.17, 15) is 0 Å². The van der Waals surface area contributed by atoms with Crippen LogP contribution in [0.2, 0.25) is 0 Å². The Morgan fingerprint density at radius 3 is 2.47 bits per heavy atom. The van der Waals surface area contributed by atoms with E-state index in [-0.39, 0.29) is 5.41 Å². The van der Waals surface area contributed by atoms with Gasteiger partial charge in [0, 0.05) is 0 Å². The van der Waals surface area contributed by atoms with Gasteiger partial charge in [-0.25, -0.2) is 0 Å². The third kappa shape index (κ3) is 5.23. The molecule has 0 aromatic heterocycles. The quantitative estimate of drug-likeness (QED) is 0.753. The largest absolute Gasteiger partial charge is 0.493 e. The van der Waals surface area contributed by atoms with E-state index in [1.807, 2.05) is 0 Å². The highest BCUT2D eigenvalue weighted by Gasteiger charge is 2.19. The monoisotopic (exact) mass is 263 g/mol. The molecule has 0 spiro atoms. The summed E-state index contributed by atoms with van der Waals surface area (Å²) in [7, 11) is 0. The number of ether oxygens (including phenoxy) is 1. The molecule has 19 heavy (non-hydrogen) atoms. The SMILES string of the molecule is CCCOc1ccc(CCCCN)cc1C(C)(C)C. The van der Waals surface area contributed by atoms with Gasteiger partial charge < -0.3 is 10.5 Å². The lowest BCUT2D eigenvalue weighted by atomic mass is 9.85. The molecule has 0 saturated carbocycles. The summed E-state index contributed by atoms with van der Waals surface area (Å²) < 4.78 is 5.87. The minimum atomic E-state index is 0.118. The van der Waals surface area contributed by atoms with E-state index in [0.29, 0.717) is 0 Å². The molecule has 2 heteroatoms. The van der Waals surface area contributed by atoms with E-state index in [2.05, 4.69) is 45.9 Å². The number of hydrogen-bond donors (Lipinski definition) is 1. The molecular formula is C17H29NO. The predicted octanol–water partition coefficient (Wildman–Crippen LogP) is 4.05. The van der Waals surface area contributed by atoms with Crippen LogP contribution < -0.4 is 10.5 Å². The first-order valence-corrected chi connectivity index (χ1v) is 7.45. The summed E-state index contributed by atoms with van der Waals surface area (Å²) in [4.78, 5) is 0. The Labute approximate surface area is 118 Å². The fourth-order valence-corrected chi connectivity index (χ4v) is 2.13. The standard InChI is InChI=1S/C17H29NO/c1-5-12-19-16-10-9-14(8-6-7-11-18)13-15(16)17(2,3)4/h9-10,13H,5-8,11-12,18H2,1-4H3. The van der Waals surface area contributed by atoms with E-state index in [1.54, 1.807) is 0 Å². The Bertz CT molecular complexity index is 379. The summed E-state index contributed by atoms with van der Waals surface area (Å²) in [6.07, 6.45) is 4.41. The van der Waals surface area contributed by atoms with Gasteiger partial charge in [-0.2, -0.15) is 0 Å². The average molecular weight is 263 g/mol. The molecule has 0 heterocycles. The van der Waals surface area contributed by atoms with Gasteiger partial charge in [0.25, 0.3) is 0 Å². The zero-order valence-electron chi connectivity index (χ0n) is 13.0. The van der Waals surface area contributed by atoms with Crippen LogP contribution in [0, 0.1) is 0 Å². The summed E-state index contributed by atoms with van der Waals surface area (Å²) in [6.45, 7) is 10.4. The minimum absolute atomic E-state index is 0.118. The molecule has 0 fully saturated rings. The van der Waals surface area contributed by atoms with Gasteiger partial charge in [0.05, 0.1) is 6.61 Å². The van der Waals surface area contributed by atoms with Gasteiger partial charge in [-0.1, -0.05) is 39.8 Å². The highest BCUT2D eigenvalue weighted by atomic mass is 16.5. The van der Waals surface area contributed by atoms with Crippen LogP contribution in [0.5, 0.6) is 5.75 Å². The van der Waals surface area contributed by atoms with Gasteiger partial charge in [0.15, 0.2) is 0 Å². The third-order valence-corrected chi connectivity index (χ3v) is 3.23. The van der Waals surface area contributed by atoms with E-state index < -0.39 is 0 Å². The normalized spacial score (nSPS) is 11.6. The molecule has 0 aliphatic carbocycles. The Balaban J connectivity index is 2.88. The second kappa shape index (κ2) is 7.54. The van der Waals surface area contributed by atoms with Crippen molar-refractivity contribution in [2.24, 2.45) is 5.73 Å². The van der Waals surface area contributed by atoms with Crippen molar-refractivity contribution in [3.8, 4) is 5.75 Å². The Kier molecular flexibility index (Phi) is 6.36. The molecule has 2 N–H and O–H groups in total. The smallest absolute Gasteiger partial charge is 0.123 e. The van der Waals surface area contributed by atoms with E-state index in [4.69, 9.17) is 10.5 Å². The summed E-state index contributed by atoms with van der Waals surface area (Å²) in [6, 6.07) is 6.63. The van der Waals surface area contributed by atoms with E-state index >= 15 is 0 Å². The molecule has 1 aromatic carbocycles. The van der Waals surface area contributed by atoms with Crippen molar-refractivity contribution in [3.05, 3.63) is 29.3 Å². The van der Waals surface area contributed by atoms with E-state index in [0.717, 1.165) is 44.6 Å². The van der Waals surface area contributed by atoms with Crippen molar-refractivity contribution in [1.82, 2.24) is 0 Å². The molecular weight excluding hydrogens is 234 g/mol. The predicted molar refractivity (Wildman–Crippen MR) is 82.9 cm³/mol. The van der Waals surface area contributed by atoms with Crippen LogP contribution in [0.4, 0.5) is 0 Å². The van der Waals surface area contributed by atoms with Gasteiger partial charge in [0.2, 0.25) is 0 Å². The molecule has 2 nitrogen and oxygen atoms in total. The van der Waals surface area contributed by atoms with E-state index in [1.165, 1.54) is 11.1 Å². The maximum atomic E-state index is 5.87. The van der Waals surface area contributed by atoms with Crippen LogP contribution in [-0.2, 0) is 11.8 Å². The van der Waals surface area contributed by atoms with Crippen LogP contribution in [0.3, 0.4) is 0 Å². The first-order chi connectivity index (χ1) is 8.99. The molecule has 108 valence electrons. The lowest BCUT2D eigenvalue weighted by Crippen LogP contribution is -2.14. The van der Waals surface area contributed by atoms with Gasteiger partial charge in [-0.05, 0) is 54.8 Å². The molecule has 0 aliphatic rings. The van der Waals surface area contributed by atoms with Crippen molar-refractivity contribution < 1.29 is 4.74 Å². The van der Waals surface area contributed by atoms with Crippen LogP contribution in [0.15, 0.2) is 18.2 Å².